The maximum absolute atomic E-state index is 13.3. The molecule has 1 aromatic carbocycles. The molecule has 4 rings (SSSR count). The van der Waals surface area contributed by atoms with E-state index in [1.54, 1.807) is 19.1 Å². The molecular weight excluding hydrogens is 370 g/mol. The summed E-state index contributed by atoms with van der Waals surface area (Å²) in [6, 6.07) is 4.68. The second-order valence-electron chi connectivity index (χ2n) is 7.33. The Labute approximate surface area is 168 Å². The molecule has 1 atom stereocenters. The number of rotatable bonds is 2. The summed E-state index contributed by atoms with van der Waals surface area (Å²) in [5.41, 5.74) is 0.871. The van der Waals surface area contributed by atoms with Gasteiger partial charge in [-0.05, 0) is 25.5 Å². The minimum Gasteiger partial charge on any atom is -0.314 e. The fourth-order valence-electron chi connectivity index (χ4n) is 3.87. The zero-order valence-electron chi connectivity index (χ0n) is 16.3. The quantitative estimate of drug-likeness (QED) is 0.548. The predicted octanol–water partition coefficient (Wildman–Crippen LogP) is -0.0607. The molecule has 0 aliphatic carbocycles. The van der Waals surface area contributed by atoms with Crippen molar-refractivity contribution in [1.29, 1.82) is 0 Å². The fourth-order valence-corrected chi connectivity index (χ4v) is 3.87. The van der Waals surface area contributed by atoms with E-state index >= 15 is 0 Å². The van der Waals surface area contributed by atoms with E-state index < -0.39 is 11.9 Å². The number of nitrogens with one attached hydrogen (secondary N) is 2. The minimum atomic E-state index is -0.737. The number of nitrogens with zero attached hydrogens (tertiary/aromatic N) is 3. The second kappa shape index (κ2) is 8.15. The molecule has 1 unspecified atom stereocenters. The smallest absolute Gasteiger partial charge is 0.263 e. The van der Waals surface area contributed by atoms with Gasteiger partial charge in [0, 0.05) is 38.2 Å². The highest BCUT2D eigenvalue weighted by Gasteiger charge is 2.30. The summed E-state index contributed by atoms with van der Waals surface area (Å²) >= 11 is 0. The van der Waals surface area contributed by atoms with E-state index in [1.807, 2.05) is 6.07 Å². The Balaban J connectivity index is 1.72. The van der Waals surface area contributed by atoms with Crippen LogP contribution in [0.25, 0.3) is 10.9 Å². The van der Waals surface area contributed by atoms with Gasteiger partial charge >= 0.3 is 0 Å². The average Bonchev–Trinajstić information content (AvgIpc) is 2.70. The Morgan fingerprint density at radius 2 is 2.00 bits per heavy atom. The third-order valence-electron chi connectivity index (χ3n) is 5.36. The van der Waals surface area contributed by atoms with E-state index in [4.69, 9.17) is 0 Å². The molecule has 3 heterocycles. The van der Waals surface area contributed by atoms with E-state index in [0.29, 0.717) is 28.8 Å². The average molecular weight is 393 g/mol. The van der Waals surface area contributed by atoms with Crippen molar-refractivity contribution in [3.8, 4) is 11.8 Å². The third-order valence-corrected chi connectivity index (χ3v) is 5.36. The summed E-state index contributed by atoms with van der Waals surface area (Å²) in [6.07, 6.45) is 0.488. The van der Waals surface area contributed by atoms with Gasteiger partial charge in [-0.3, -0.25) is 29.2 Å². The van der Waals surface area contributed by atoms with Gasteiger partial charge in [0.05, 0.1) is 17.4 Å². The molecule has 0 bridgehead atoms. The van der Waals surface area contributed by atoms with E-state index in [9.17, 15) is 14.4 Å². The summed E-state index contributed by atoms with van der Waals surface area (Å²) in [7, 11) is 0. The van der Waals surface area contributed by atoms with Crippen LogP contribution in [0.4, 0.5) is 0 Å². The lowest BCUT2D eigenvalue weighted by Gasteiger charge is -2.25. The summed E-state index contributed by atoms with van der Waals surface area (Å²) in [5.74, 6) is 5.96. The first-order valence-corrected chi connectivity index (χ1v) is 9.82. The molecule has 8 nitrogen and oxygen atoms in total. The molecule has 2 N–H and O–H groups in total. The molecule has 2 fully saturated rings. The molecular formula is C21H23N5O3. The highest BCUT2D eigenvalue weighted by molar-refractivity contribution is 5.99. The molecule has 2 aromatic rings. The highest BCUT2D eigenvalue weighted by atomic mass is 16.2. The van der Waals surface area contributed by atoms with Crippen LogP contribution in [-0.2, 0) is 9.59 Å². The van der Waals surface area contributed by atoms with Crippen LogP contribution in [0.15, 0.2) is 23.0 Å². The molecule has 8 heteroatoms. The number of aryl methyl sites for hydroxylation is 1. The normalized spacial score (nSPS) is 20.2. The molecule has 150 valence electrons. The van der Waals surface area contributed by atoms with Gasteiger partial charge in [-0.2, -0.15) is 0 Å². The third kappa shape index (κ3) is 3.92. The van der Waals surface area contributed by atoms with Crippen molar-refractivity contribution in [2.24, 2.45) is 0 Å². The molecule has 2 saturated heterocycles. The van der Waals surface area contributed by atoms with Crippen molar-refractivity contribution < 1.29 is 9.59 Å². The molecule has 0 spiro atoms. The first-order chi connectivity index (χ1) is 14.0. The Bertz CT molecular complexity index is 1090. The van der Waals surface area contributed by atoms with Crippen LogP contribution in [0, 0.1) is 18.8 Å². The number of piperazine rings is 1. The van der Waals surface area contributed by atoms with Gasteiger partial charge in [-0.25, -0.2) is 4.98 Å². The zero-order chi connectivity index (χ0) is 20.4. The number of carbonyl (C=O) groups is 2. The number of hydrogen-bond acceptors (Lipinski definition) is 6. The van der Waals surface area contributed by atoms with Crippen LogP contribution < -0.4 is 16.2 Å². The van der Waals surface area contributed by atoms with Crippen LogP contribution in [0.2, 0.25) is 0 Å². The molecule has 1 aromatic heterocycles. The van der Waals surface area contributed by atoms with Crippen LogP contribution >= 0.6 is 0 Å². The standard InChI is InChI=1S/C21H23N5O3/c1-14-23-16-6-2-4-15(5-3-11-25-12-9-22-10-13-25)19(16)21(29)26(14)17-7-8-18(27)24-20(17)28/h2,4,6,17,22H,7-13H2,1H3,(H,24,27,28). The van der Waals surface area contributed by atoms with Gasteiger partial charge in [0.1, 0.15) is 11.9 Å². The number of fused-ring (bicyclic) bond motifs is 1. The van der Waals surface area contributed by atoms with Gasteiger partial charge in [0.25, 0.3) is 5.56 Å². The topological polar surface area (TPSA) is 96.3 Å². The number of piperidine rings is 1. The lowest BCUT2D eigenvalue weighted by molar-refractivity contribution is -0.135. The van der Waals surface area contributed by atoms with Gasteiger partial charge < -0.3 is 5.32 Å². The molecule has 29 heavy (non-hydrogen) atoms. The maximum Gasteiger partial charge on any atom is 0.263 e. The molecule has 2 aliphatic heterocycles. The maximum atomic E-state index is 13.3. The van der Waals surface area contributed by atoms with Crippen molar-refractivity contribution in [2.75, 3.05) is 32.7 Å². The van der Waals surface area contributed by atoms with Crippen molar-refractivity contribution in [2.45, 2.75) is 25.8 Å². The van der Waals surface area contributed by atoms with Crippen LogP contribution in [0.3, 0.4) is 0 Å². The summed E-state index contributed by atoms with van der Waals surface area (Å²) < 4.78 is 1.39. The van der Waals surface area contributed by atoms with E-state index in [0.717, 1.165) is 26.2 Å². The number of aromatic nitrogens is 2. The first kappa shape index (κ1) is 19.3. The van der Waals surface area contributed by atoms with Crippen molar-refractivity contribution >= 4 is 22.7 Å². The van der Waals surface area contributed by atoms with Crippen LogP contribution in [0.1, 0.15) is 30.3 Å². The van der Waals surface area contributed by atoms with Gasteiger partial charge in [-0.15, -0.1) is 0 Å². The van der Waals surface area contributed by atoms with E-state index in [2.05, 4.69) is 32.4 Å². The van der Waals surface area contributed by atoms with Gasteiger partial charge in [-0.1, -0.05) is 17.9 Å². The number of benzene rings is 1. The van der Waals surface area contributed by atoms with Crippen LogP contribution in [-0.4, -0.2) is 59.0 Å². The fraction of sp³-hybridized carbons (Fsp3) is 0.429. The summed E-state index contributed by atoms with van der Waals surface area (Å²) in [6.45, 7) is 6.15. The van der Waals surface area contributed by atoms with Crippen molar-refractivity contribution in [1.82, 2.24) is 25.1 Å². The number of hydrogen-bond donors (Lipinski definition) is 2. The first-order valence-electron chi connectivity index (χ1n) is 9.82. The van der Waals surface area contributed by atoms with E-state index in [-0.39, 0.29) is 24.3 Å². The number of carbonyl (C=O) groups excluding carboxylic acids is 2. The second-order valence-corrected chi connectivity index (χ2v) is 7.33. The monoisotopic (exact) mass is 393 g/mol. The lowest BCUT2D eigenvalue weighted by Crippen LogP contribution is -2.45. The Morgan fingerprint density at radius 1 is 1.21 bits per heavy atom. The molecule has 0 saturated carbocycles. The summed E-state index contributed by atoms with van der Waals surface area (Å²) in [5, 5.41) is 6.03. The Hall–Kier alpha value is -3.02. The van der Waals surface area contributed by atoms with Crippen molar-refractivity contribution in [3.63, 3.8) is 0 Å². The SMILES string of the molecule is Cc1nc2cccc(C#CCN3CCNCC3)c2c(=O)n1C1CCC(=O)NC1=O. The lowest BCUT2D eigenvalue weighted by atomic mass is 10.0. The number of amides is 2. The highest BCUT2D eigenvalue weighted by Crippen LogP contribution is 2.21. The largest absolute Gasteiger partial charge is 0.314 e. The van der Waals surface area contributed by atoms with Crippen molar-refractivity contribution in [3.05, 3.63) is 39.9 Å². The van der Waals surface area contributed by atoms with Crippen LogP contribution in [0.5, 0.6) is 0 Å². The minimum absolute atomic E-state index is 0.201. The summed E-state index contributed by atoms with van der Waals surface area (Å²) in [4.78, 5) is 43.9. The van der Waals surface area contributed by atoms with Gasteiger partial charge in [0.15, 0.2) is 0 Å². The Kier molecular flexibility index (Phi) is 5.43. The zero-order valence-corrected chi connectivity index (χ0v) is 16.3. The molecule has 0 radical (unpaired) electrons. The predicted molar refractivity (Wildman–Crippen MR) is 108 cm³/mol. The molecule has 2 aliphatic rings. The Morgan fingerprint density at radius 3 is 2.76 bits per heavy atom. The van der Waals surface area contributed by atoms with Gasteiger partial charge in [0.2, 0.25) is 11.8 Å². The van der Waals surface area contributed by atoms with E-state index in [1.165, 1.54) is 4.57 Å². The molecule has 2 amide bonds. The number of imide groups is 1.